The van der Waals surface area contributed by atoms with Crippen molar-refractivity contribution in [3.05, 3.63) is 57.5 Å². The van der Waals surface area contributed by atoms with E-state index in [1.165, 1.54) is 17.0 Å². The van der Waals surface area contributed by atoms with Crippen molar-refractivity contribution in [2.45, 2.75) is 39.2 Å². The minimum atomic E-state index is -1.11. The van der Waals surface area contributed by atoms with Gasteiger partial charge in [0.25, 0.3) is 5.91 Å². The molecular formula is C24H29Cl3N2O4. The summed E-state index contributed by atoms with van der Waals surface area (Å²) in [5.41, 5.74) is -0.452. The molecule has 1 atom stereocenters. The summed E-state index contributed by atoms with van der Waals surface area (Å²) < 4.78 is 11.1. The molecule has 180 valence electrons. The molecule has 2 amide bonds. The highest BCUT2D eigenvalue weighted by atomic mass is 35.5. The Bertz CT molecular complexity index is 943. The van der Waals surface area contributed by atoms with Crippen molar-refractivity contribution in [2.75, 3.05) is 31.7 Å². The van der Waals surface area contributed by atoms with Crippen molar-refractivity contribution >= 4 is 52.3 Å². The summed E-state index contributed by atoms with van der Waals surface area (Å²) in [4.78, 5) is 28.1. The third-order valence-electron chi connectivity index (χ3n) is 5.31. The van der Waals surface area contributed by atoms with E-state index < -0.39 is 5.54 Å². The van der Waals surface area contributed by atoms with Crippen molar-refractivity contribution in [3.8, 4) is 5.75 Å². The first-order valence-corrected chi connectivity index (χ1v) is 11.9. The molecule has 2 aromatic carbocycles. The van der Waals surface area contributed by atoms with Crippen LogP contribution in [-0.2, 0) is 14.3 Å². The van der Waals surface area contributed by atoms with E-state index in [0.29, 0.717) is 38.3 Å². The number of benzene rings is 2. The maximum atomic E-state index is 13.3. The predicted octanol–water partition coefficient (Wildman–Crippen LogP) is 6.09. The Labute approximate surface area is 210 Å². The number of rotatable bonds is 12. The van der Waals surface area contributed by atoms with Crippen molar-refractivity contribution in [3.63, 3.8) is 0 Å². The number of para-hydroxylation sites is 1. The standard InChI is InChI=1S/C24H29Cl3N2O4/c1-4-24(3,23(31)28-17-10-7-6-8-11-17)29(12-9-13-32-5-2)22(30)16-33-21-15-19(26)18(25)14-20(21)27/h6-8,10-11,14-15H,4-5,9,12-13,16H2,1-3H3,(H,28,31)/t24-/m0/s1. The molecule has 0 aliphatic carbocycles. The molecule has 0 aliphatic heterocycles. The van der Waals surface area contributed by atoms with Crippen LogP contribution in [0.4, 0.5) is 5.69 Å². The zero-order valence-corrected chi connectivity index (χ0v) is 21.3. The van der Waals surface area contributed by atoms with E-state index in [1.54, 1.807) is 19.1 Å². The van der Waals surface area contributed by atoms with Gasteiger partial charge in [-0.15, -0.1) is 0 Å². The summed E-state index contributed by atoms with van der Waals surface area (Å²) in [6, 6.07) is 12.0. The number of amides is 2. The minimum Gasteiger partial charge on any atom is -0.482 e. The van der Waals surface area contributed by atoms with Gasteiger partial charge in [-0.1, -0.05) is 59.9 Å². The molecule has 0 aliphatic rings. The lowest BCUT2D eigenvalue weighted by Crippen LogP contribution is -2.58. The monoisotopic (exact) mass is 514 g/mol. The molecule has 0 heterocycles. The molecular weight excluding hydrogens is 487 g/mol. The highest BCUT2D eigenvalue weighted by Gasteiger charge is 2.40. The number of anilines is 1. The summed E-state index contributed by atoms with van der Waals surface area (Å²) in [5, 5.41) is 3.69. The fourth-order valence-electron chi connectivity index (χ4n) is 3.21. The molecule has 6 nitrogen and oxygen atoms in total. The van der Waals surface area contributed by atoms with E-state index in [0.717, 1.165) is 0 Å². The summed E-state index contributed by atoms with van der Waals surface area (Å²) in [6.45, 7) is 6.57. The Hall–Kier alpha value is -1.99. The Morgan fingerprint density at radius 3 is 2.33 bits per heavy atom. The fraction of sp³-hybridized carbons (Fsp3) is 0.417. The Balaban J connectivity index is 2.22. The van der Waals surface area contributed by atoms with Crippen LogP contribution in [0.1, 0.15) is 33.6 Å². The van der Waals surface area contributed by atoms with E-state index in [-0.39, 0.29) is 39.2 Å². The van der Waals surface area contributed by atoms with E-state index in [1.807, 2.05) is 32.0 Å². The molecule has 0 unspecified atom stereocenters. The van der Waals surface area contributed by atoms with Crippen molar-refractivity contribution in [1.29, 1.82) is 0 Å². The van der Waals surface area contributed by atoms with Gasteiger partial charge in [-0.3, -0.25) is 9.59 Å². The summed E-state index contributed by atoms with van der Waals surface area (Å²) in [7, 11) is 0. The average Bonchev–Trinajstić information content (AvgIpc) is 2.80. The van der Waals surface area contributed by atoms with Crippen LogP contribution >= 0.6 is 34.8 Å². The normalized spacial score (nSPS) is 12.7. The lowest BCUT2D eigenvalue weighted by molar-refractivity contribution is -0.146. The molecule has 0 saturated heterocycles. The molecule has 0 aromatic heterocycles. The van der Waals surface area contributed by atoms with Crippen LogP contribution < -0.4 is 10.1 Å². The molecule has 0 radical (unpaired) electrons. The first kappa shape index (κ1) is 27.3. The highest BCUT2D eigenvalue weighted by molar-refractivity contribution is 6.43. The summed E-state index contributed by atoms with van der Waals surface area (Å²) in [6.07, 6.45) is 0.973. The number of carbonyl (C=O) groups is 2. The van der Waals surface area contributed by atoms with Gasteiger partial charge in [-0.25, -0.2) is 0 Å². The lowest BCUT2D eigenvalue weighted by atomic mass is 9.94. The number of ether oxygens (including phenoxy) is 2. The summed E-state index contributed by atoms with van der Waals surface area (Å²) >= 11 is 18.2. The molecule has 0 spiro atoms. The maximum absolute atomic E-state index is 13.3. The predicted molar refractivity (Wildman–Crippen MR) is 134 cm³/mol. The maximum Gasteiger partial charge on any atom is 0.261 e. The number of nitrogens with zero attached hydrogens (tertiary/aromatic N) is 1. The topological polar surface area (TPSA) is 67.9 Å². The number of carbonyl (C=O) groups excluding carboxylic acids is 2. The quantitative estimate of drug-likeness (QED) is 0.274. The average molecular weight is 516 g/mol. The van der Waals surface area contributed by atoms with E-state index in [2.05, 4.69) is 5.32 Å². The highest BCUT2D eigenvalue weighted by Crippen LogP contribution is 2.34. The van der Waals surface area contributed by atoms with Crippen molar-refractivity contribution in [2.24, 2.45) is 0 Å². The van der Waals surface area contributed by atoms with E-state index in [9.17, 15) is 9.59 Å². The first-order valence-electron chi connectivity index (χ1n) is 10.7. The second-order valence-corrected chi connectivity index (χ2v) is 8.75. The minimum absolute atomic E-state index is 0.236. The van der Waals surface area contributed by atoms with Gasteiger partial charge >= 0.3 is 0 Å². The Kier molecular flexibility index (Phi) is 10.8. The molecule has 1 N–H and O–H groups in total. The van der Waals surface area contributed by atoms with Crippen LogP contribution in [0.2, 0.25) is 15.1 Å². The third kappa shape index (κ3) is 7.51. The van der Waals surface area contributed by atoms with E-state index >= 15 is 0 Å². The van der Waals surface area contributed by atoms with Crippen molar-refractivity contribution in [1.82, 2.24) is 4.90 Å². The zero-order valence-electron chi connectivity index (χ0n) is 19.0. The molecule has 2 rings (SSSR count). The van der Waals surface area contributed by atoms with Crippen LogP contribution in [-0.4, -0.2) is 48.6 Å². The van der Waals surface area contributed by atoms with Crippen molar-refractivity contribution < 1.29 is 19.1 Å². The number of hydrogen-bond donors (Lipinski definition) is 1. The van der Waals surface area contributed by atoms with Gasteiger partial charge in [0.1, 0.15) is 11.3 Å². The fourth-order valence-corrected chi connectivity index (χ4v) is 3.80. The molecule has 0 fully saturated rings. The molecule has 33 heavy (non-hydrogen) atoms. The zero-order chi connectivity index (χ0) is 24.4. The largest absolute Gasteiger partial charge is 0.482 e. The molecule has 9 heteroatoms. The van der Waals surface area contributed by atoms with Crippen LogP contribution in [0, 0.1) is 0 Å². The van der Waals surface area contributed by atoms with Gasteiger partial charge in [0.2, 0.25) is 5.91 Å². The van der Waals surface area contributed by atoms with Crippen LogP contribution in [0.3, 0.4) is 0 Å². The Morgan fingerprint density at radius 1 is 1.03 bits per heavy atom. The second-order valence-electron chi connectivity index (χ2n) is 7.53. The lowest BCUT2D eigenvalue weighted by Gasteiger charge is -2.39. The Morgan fingerprint density at radius 2 is 1.70 bits per heavy atom. The molecule has 2 aromatic rings. The van der Waals surface area contributed by atoms with E-state index in [4.69, 9.17) is 44.3 Å². The van der Waals surface area contributed by atoms with Crippen LogP contribution in [0.25, 0.3) is 0 Å². The van der Waals surface area contributed by atoms with Crippen LogP contribution in [0.5, 0.6) is 5.75 Å². The number of nitrogens with one attached hydrogen (secondary N) is 1. The SMILES string of the molecule is CCOCCCN(C(=O)COc1cc(Cl)c(Cl)cc1Cl)[C@@](C)(CC)C(=O)Nc1ccccc1. The smallest absolute Gasteiger partial charge is 0.261 e. The molecule has 0 bridgehead atoms. The third-order valence-corrected chi connectivity index (χ3v) is 6.32. The van der Waals surface area contributed by atoms with Gasteiger partial charge in [0, 0.05) is 31.5 Å². The second kappa shape index (κ2) is 13.0. The van der Waals surface area contributed by atoms with Gasteiger partial charge < -0.3 is 19.7 Å². The van der Waals surface area contributed by atoms with Gasteiger partial charge in [-0.05, 0) is 44.9 Å². The first-order chi connectivity index (χ1) is 15.7. The van der Waals surface area contributed by atoms with Crippen LogP contribution in [0.15, 0.2) is 42.5 Å². The summed E-state index contributed by atoms with van der Waals surface area (Å²) in [5.74, 6) is -0.407. The van der Waals surface area contributed by atoms with Gasteiger partial charge in [0.05, 0.1) is 15.1 Å². The molecule has 0 saturated carbocycles. The van der Waals surface area contributed by atoms with Gasteiger partial charge in [0.15, 0.2) is 6.61 Å². The number of hydrogen-bond acceptors (Lipinski definition) is 4. The number of halogens is 3. The van der Waals surface area contributed by atoms with Gasteiger partial charge in [-0.2, -0.15) is 0 Å².